The van der Waals surface area contributed by atoms with E-state index >= 15 is 0 Å². The van der Waals surface area contributed by atoms with Gasteiger partial charge in [-0.1, -0.05) is 24.0 Å². The van der Waals surface area contributed by atoms with Crippen molar-refractivity contribution in [1.82, 2.24) is 19.8 Å². The van der Waals surface area contributed by atoms with Crippen LogP contribution in [0.5, 0.6) is 0 Å². The zero-order valence-corrected chi connectivity index (χ0v) is 21.7. The van der Waals surface area contributed by atoms with Crippen molar-refractivity contribution >= 4 is 27.9 Å². The van der Waals surface area contributed by atoms with Crippen molar-refractivity contribution in [3.8, 4) is 11.8 Å². The van der Waals surface area contributed by atoms with Gasteiger partial charge in [-0.25, -0.2) is 23.5 Å². The Hall–Kier alpha value is -3.86. The zero-order valence-electron chi connectivity index (χ0n) is 20.9. The number of carbonyl (C=O) groups excluding carboxylic acids is 3. The summed E-state index contributed by atoms with van der Waals surface area (Å²) in [6, 6.07) is 8.58. The van der Waals surface area contributed by atoms with E-state index in [0.717, 1.165) is 17.4 Å². The van der Waals surface area contributed by atoms with Gasteiger partial charge in [-0.05, 0) is 37.1 Å². The van der Waals surface area contributed by atoms with Gasteiger partial charge in [0.1, 0.15) is 6.61 Å². The number of benzene rings is 1. The molecule has 1 aromatic heterocycles. The van der Waals surface area contributed by atoms with E-state index in [-0.39, 0.29) is 45.2 Å². The molecule has 2 aromatic rings. The SMILES string of the molecule is CC(CCN1Cc2cc(C#Cc3ccc(COC(=O)N4CC(O)C4)cc3)cn2C1=O)(C(=O)NO)S(C)(=O)=O. The molecule has 1 unspecified atom stereocenters. The van der Waals surface area contributed by atoms with Gasteiger partial charge < -0.3 is 19.6 Å². The lowest BCUT2D eigenvalue weighted by Gasteiger charge is -2.34. The first kappa shape index (κ1) is 27.2. The van der Waals surface area contributed by atoms with Gasteiger partial charge in [-0.3, -0.25) is 14.6 Å². The Balaban J connectivity index is 1.33. The van der Waals surface area contributed by atoms with E-state index in [2.05, 4.69) is 11.8 Å². The van der Waals surface area contributed by atoms with Gasteiger partial charge in [0.15, 0.2) is 14.6 Å². The number of aromatic nitrogens is 1. The van der Waals surface area contributed by atoms with Crippen LogP contribution in [0.15, 0.2) is 36.5 Å². The number of aliphatic hydroxyl groups excluding tert-OH is 1. The molecule has 3 heterocycles. The molecule has 1 atom stereocenters. The standard InChI is InChI=1S/C25H28N4O8S/c1-25(22(31)26-34,38(2,35)36)9-10-27-13-20-11-19(12-29(20)23(27)32)8-5-17-3-6-18(7-4-17)16-37-24(33)28-14-21(30)15-28/h3-4,6-7,11-12,21,30,34H,9-10,13-16H2,1-2H3,(H,26,31). The number of ether oxygens (including phenoxy) is 1. The Kier molecular flexibility index (Phi) is 7.50. The van der Waals surface area contributed by atoms with Crippen LogP contribution >= 0.6 is 0 Å². The lowest BCUT2D eigenvalue weighted by atomic mass is 10.1. The van der Waals surface area contributed by atoms with Crippen molar-refractivity contribution in [2.75, 3.05) is 25.9 Å². The highest BCUT2D eigenvalue weighted by molar-refractivity contribution is 7.92. The molecule has 1 aromatic carbocycles. The molecular weight excluding hydrogens is 516 g/mol. The second kappa shape index (κ2) is 10.5. The second-order valence-electron chi connectivity index (χ2n) is 9.55. The van der Waals surface area contributed by atoms with Gasteiger partial charge in [0.05, 0.1) is 25.7 Å². The summed E-state index contributed by atoms with van der Waals surface area (Å²) in [6.45, 7) is 2.11. The van der Waals surface area contributed by atoms with E-state index in [0.29, 0.717) is 11.3 Å². The fourth-order valence-electron chi connectivity index (χ4n) is 4.07. The highest BCUT2D eigenvalue weighted by Crippen LogP contribution is 2.25. The molecule has 4 rings (SSSR count). The molecule has 0 aliphatic carbocycles. The Labute approximate surface area is 219 Å². The number of likely N-dealkylation sites (tertiary alicyclic amines) is 1. The number of sulfone groups is 1. The molecule has 0 spiro atoms. The minimum atomic E-state index is -3.86. The number of nitrogens with one attached hydrogen (secondary N) is 1. The fourth-order valence-corrected chi connectivity index (χ4v) is 4.91. The number of amides is 3. The number of rotatable bonds is 7. The number of aliphatic hydroxyl groups is 1. The molecule has 12 nitrogen and oxygen atoms in total. The van der Waals surface area contributed by atoms with E-state index in [1.54, 1.807) is 36.5 Å². The maximum atomic E-state index is 12.8. The summed E-state index contributed by atoms with van der Waals surface area (Å²) in [5, 5.41) is 18.2. The molecule has 1 saturated heterocycles. The summed E-state index contributed by atoms with van der Waals surface area (Å²) in [5.74, 6) is 4.98. The second-order valence-corrected chi connectivity index (χ2v) is 12.0. The molecule has 13 heteroatoms. The number of fused-ring (bicyclic) bond motifs is 1. The minimum Gasteiger partial charge on any atom is -0.445 e. The maximum absolute atomic E-state index is 12.8. The minimum absolute atomic E-state index is 0.000159. The number of β-amino-alcohol motifs (C(OH)–C–C–N with tert-alkyl or cyclic N) is 1. The molecule has 0 radical (unpaired) electrons. The predicted molar refractivity (Wildman–Crippen MR) is 134 cm³/mol. The van der Waals surface area contributed by atoms with Crippen molar-refractivity contribution in [2.45, 2.75) is 37.3 Å². The van der Waals surface area contributed by atoms with E-state index < -0.39 is 32.7 Å². The average Bonchev–Trinajstić information content (AvgIpc) is 3.40. The van der Waals surface area contributed by atoms with Crippen molar-refractivity contribution in [3.63, 3.8) is 0 Å². The number of hydrogen-bond acceptors (Lipinski definition) is 8. The fraction of sp³-hybridized carbons (Fsp3) is 0.400. The lowest BCUT2D eigenvalue weighted by Crippen LogP contribution is -2.53. The van der Waals surface area contributed by atoms with Crippen molar-refractivity contribution < 1.29 is 37.9 Å². The number of carbonyl (C=O) groups is 3. The molecule has 2 aliphatic rings. The van der Waals surface area contributed by atoms with E-state index in [1.807, 2.05) is 0 Å². The highest BCUT2D eigenvalue weighted by Gasteiger charge is 2.44. The Morgan fingerprint density at radius 3 is 2.42 bits per heavy atom. The molecule has 38 heavy (non-hydrogen) atoms. The quantitative estimate of drug-likeness (QED) is 0.261. The molecule has 0 bridgehead atoms. The molecular formula is C25H28N4O8S. The molecule has 3 N–H and O–H groups in total. The lowest BCUT2D eigenvalue weighted by molar-refractivity contribution is -0.131. The Morgan fingerprint density at radius 2 is 1.84 bits per heavy atom. The maximum Gasteiger partial charge on any atom is 0.410 e. The van der Waals surface area contributed by atoms with Crippen LogP contribution in [0.2, 0.25) is 0 Å². The van der Waals surface area contributed by atoms with Gasteiger partial charge in [0, 0.05) is 35.8 Å². The van der Waals surface area contributed by atoms with Crippen molar-refractivity contribution in [2.24, 2.45) is 0 Å². The van der Waals surface area contributed by atoms with Crippen LogP contribution in [0.25, 0.3) is 0 Å². The van der Waals surface area contributed by atoms with Crippen LogP contribution in [0.3, 0.4) is 0 Å². The predicted octanol–water partition coefficient (Wildman–Crippen LogP) is 0.684. The first-order valence-electron chi connectivity index (χ1n) is 11.8. The molecule has 1 fully saturated rings. The van der Waals surface area contributed by atoms with Crippen LogP contribution in [0.1, 0.15) is 35.7 Å². The highest BCUT2D eigenvalue weighted by atomic mass is 32.2. The van der Waals surface area contributed by atoms with Crippen LogP contribution in [0.4, 0.5) is 9.59 Å². The summed E-state index contributed by atoms with van der Waals surface area (Å²) >= 11 is 0. The Morgan fingerprint density at radius 1 is 1.18 bits per heavy atom. The first-order chi connectivity index (χ1) is 17.9. The summed E-state index contributed by atoms with van der Waals surface area (Å²) < 4.78 is 29.0. The van der Waals surface area contributed by atoms with E-state index in [1.165, 1.54) is 26.8 Å². The molecule has 2 aliphatic heterocycles. The largest absolute Gasteiger partial charge is 0.445 e. The van der Waals surface area contributed by atoms with Crippen molar-refractivity contribution in [3.05, 3.63) is 58.9 Å². The summed E-state index contributed by atoms with van der Waals surface area (Å²) in [5.41, 5.74) is 4.23. The van der Waals surface area contributed by atoms with Gasteiger partial charge in [0.25, 0.3) is 5.91 Å². The summed E-state index contributed by atoms with van der Waals surface area (Å²) in [7, 11) is -3.86. The van der Waals surface area contributed by atoms with Crippen molar-refractivity contribution in [1.29, 1.82) is 0 Å². The van der Waals surface area contributed by atoms with E-state index in [4.69, 9.17) is 9.94 Å². The smallest absolute Gasteiger partial charge is 0.410 e. The third kappa shape index (κ3) is 5.52. The summed E-state index contributed by atoms with van der Waals surface area (Å²) in [6.07, 6.45) is 1.38. The third-order valence-electron chi connectivity index (χ3n) is 6.78. The van der Waals surface area contributed by atoms with Gasteiger partial charge in [-0.15, -0.1) is 0 Å². The zero-order chi connectivity index (χ0) is 27.7. The van der Waals surface area contributed by atoms with Gasteiger partial charge in [0.2, 0.25) is 0 Å². The number of hydrogen-bond donors (Lipinski definition) is 3. The van der Waals surface area contributed by atoms with Gasteiger partial charge >= 0.3 is 12.1 Å². The molecule has 3 amide bonds. The number of hydroxylamine groups is 1. The van der Waals surface area contributed by atoms with Crippen LogP contribution < -0.4 is 5.48 Å². The van der Waals surface area contributed by atoms with Crippen LogP contribution in [0, 0.1) is 11.8 Å². The van der Waals surface area contributed by atoms with Crippen LogP contribution in [-0.2, 0) is 32.5 Å². The monoisotopic (exact) mass is 544 g/mol. The average molecular weight is 545 g/mol. The van der Waals surface area contributed by atoms with Gasteiger partial charge in [-0.2, -0.15) is 0 Å². The van der Waals surface area contributed by atoms with E-state index in [9.17, 15) is 27.9 Å². The Bertz CT molecular complexity index is 1420. The third-order valence-corrected chi connectivity index (χ3v) is 8.80. The van der Waals surface area contributed by atoms with Crippen LogP contribution in [-0.4, -0.2) is 87.9 Å². The molecule has 0 saturated carbocycles. The number of nitrogens with zero attached hydrogens (tertiary/aromatic N) is 3. The summed E-state index contributed by atoms with van der Waals surface area (Å²) in [4.78, 5) is 39.5. The normalized spacial score (nSPS) is 16.7. The first-order valence-corrected chi connectivity index (χ1v) is 13.7. The topological polar surface area (TPSA) is 158 Å². The molecule has 202 valence electrons.